The van der Waals surface area contributed by atoms with Crippen LogP contribution in [0.2, 0.25) is 5.15 Å². The SMILES string of the molecule is C[C@@H]1CN(c2nc(Cl)ccc2N)C[C@H](C)O1. The van der Waals surface area contributed by atoms with Gasteiger partial charge < -0.3 is 15.4 Å². The molecular weight excluding hydrogens is 226 g/mol. The molecule has 2 heterocycles. The number of pyridine rings is 1. The second-order valence-electron chi connectivity index (χ2n) is 4.21. The molecule has 0 radical (unpaired) electrons. The third-order valence-corrected chi connectivity index (χ3v) is 2.80. The van der Waals surface area contributed by atoms with E-state index in [0.717, 1.165) is 18.9 Å². The minimum atomic E-state index is 0.184. The number of anilines is 2. The van der Waals surface area contributed by atoms with E-state index in [1.165, 1.54) is 0 Å². The maximum atomic E-state index is 5.91. The number of nitrogens with two attached hydrogens (primary N) is 1. The number of hydrogen-bond donors (Lipinski definition) is 1. The molecule has 0 aromatic carbocycles. The van der Waals surface area contributed by atoms with Crippen molar-refractivity contribution in [1.82, 2.24) is 4.98 Å². The van der Waals surface area contributed by atoms with Crippen LogP contribution in [0.5, 0.6) is 0 Å². The summed E-state index contributed by atoms with van der Waals surface area (Å²) in [6, 6.07) is 3.49. The Morgan fingerprint density at radius 3 is 2.62 bits per heavy atom. The van der Waals surface area contributed by atoms with Gasteiger partial charge in [-0.05, 0) is 26.0 Å². The second kappa shape index (κ2) is 4.47. The molecule has 0 unspecified atom stereocenters. The Kier molecular flexibility index (Phi) is 3.21. The number of morpholine rings is 1. The normalized spacial score (nSPS) is 25.8. The van der Waals surface area contributed by atoms with E-state index < -0.39 is 0 Å². The summed E-state index contributed by atoms with van der Waals surface area (Å²) >= 11 is 5.88. The molecular formula is C11H16ClN3O. The van der Waals surface area contributed by atoms with Crippen molar-refractivity contribution in [3.63, 3.8) is 0 Å². The van der Waals surface area contributed by atoms with E-state index in [9.17, 15) is 0 Å². The number of nitrogen functional groups attached to an aromatic ring is 1. The first-order valence-electron chi connectivity index (χ1n) is 5.38. The topological polar surface area (TPSA) is 51.4 Å². The highest BCUT2D eigenvalue weighted by Crippen LogP contribution is 2.25. The molecule has 88 valence electrons. The average Bonchev–Trinajstić information content (AvgIpc) is 2.20. The summed E-state index contributed by atoms with van der Waals surface area (Å²) in [5.41, 5.74) is 6.57. The molecule has 0 amide bonds. The molecule has 1 aromatic rings. The predicted molar refractivity (Wildman–Crippen MR) is 65.9 cm³/mol. The lowest BCUT2D eigenvalue weighted by Crippen LogP contribution is -2.46. The Balaban J connectivity index is 2.25. The van der Waals surface area contributed by atoms with Crippen molar-refractivity contribution in [2.24, 2.45) is 0 Å². The van der Waals surface area contributed by atoms with Crippen LogP contribution in [0.1, 0.15) is 13.8 Å². The van der Waals surface area contributed by atoms with Crippen LogP contribution < -0.4 is 10.6 Å². The van der Waals surface area contributed by atoms with Gasteiger partial charge in [0, 0.05) is 13.1 Å². The first-order valence-corrected chi connectivity index (χ1v) is 5.76. The van der Waals surface area contributed by atoms with Crippen molar-refractivity contribution in [3.05, 3.63) is 17.3 Å². The highest BCUT2D eigenvalue weighted by atomic mass is 35.5. The van der Waals surface area contributed by atoms with Gasteiger partial charge in [0.2, 0.25) is 0 Å². The van der Waals surface area contributed by atoms with Crippen molar-refractivity contribution in [3.8, 4) is 0 Å². The van der Waals surface area contributed by atoms with Crippen LogP contribution in [0.4, 0.5) is 11.5 Å². The Hall–Kier alpha value is -1.00. The summed E-state index contributed by atoms with van der Waals surface area (Å²) in [6.07, 6.45) is 0.368. The minimum Gasteiger partial charge on any atom is -0.396 e. The Labute approximate surface area is 100 Å². The molecule has 0 spiro atoms. The number of ether oxygens (including phenoxy) is 1. The summed E-state index contributed by atoms with van der Waals surface area (Å²) in [6.45, 7) is 5.68. The van der Waals surface area contributed by atoms with Gasteiger partial charge in [-0.3, -0.25) is 0 Å². The van der Waals surface area contributed by atoms with Gasteiger partial charge in [-0.15, -0.1) is 0 Å². The molecule has 1 aromatic heterocycles. The average molecular weight is 242 g/mol. The molecule has 0 saturated carbocycles. The lowest BCUT2D eigenvalue weighted by molar-refractivity contribution is -0.00540. The van der Waals surface area contributed by atoms with Gasteiger partial charge in [0.1, 0.15) is 5.15 Å². The fourth-order valence-corrected chi connectivity index (χ4v) is 2.18. The first kappa shape index (κ1) is 11.5. The van der Waals surface area contributed by atoms with Gasteiger partial charge in [0.25, 0.3) is 0 Å². The van der Waals surface area contributed by atoms with Crippen molar-refractivity contribution in [2.75, 3.05) is 23.7 Å². The number of halogens is 1. The fourth-order valence-electron chi connectivity index (χ4n) is 2.04. The summed E-state index contributed by atoms with van der Waals surface area (Å²) in [5.74, 6) is 0.759. The van der Waals surface area contributed by atoms with Gasteiger partial charge in [0.05, 0.1) is 17.9 Å². The molecule has 5 heteroatoms. The molecule has 4 nitrogen and oxygen atoms in total. The predicted octanol–water partition coefficient (Wildman–Crippen LogP) is 1.93. The van der Waals surface area contributed by atoms with Crippen molar-refractivity contribution < 1.29 is 4.74 Å². The van der Waals surface area contributed by atoms with E-state index in [1.807, 2.05) is 13.8 Å². The van der Waals surface area contributed by atoms with Gasteiger partial charge in [-0.25, -0.2) is 4.98 Å². The molecule has 1 fully saturated rings. The second-order valence-corrected chi connectivity index (χ2v) is 4.60. The highest BCUT2D eigenvalue weighted by molar-refractivity contribution is 6.29. The molecule has 2 rings (SSSR count). The van der Waals surface area contributed by atoms with E-state index in [0.29, 0.717) is 10.8 Å². The van der Waals surface area contributed by atoms with Crippen LogP contribution in [-0.2, 0) is 4.74 Å². The quantitative estimate of drug-likeness (QED) is 0.764. The monoisotopic (exact) mass is 241 g/mol. The van der Waals surface area contributed by atoms with E-state index in [2.05, 4.69) is 9.88 Å². The molecule has 2 N–H and O–H groups in total. The largest absolute Gasteiger partial charge is 0.396 e. The molecule has 1 saturated heterocycles. The number of aromatic nitrogens is 1. The molecule has 1 aliphatic rings. The van der Waals surface area contributed by atoms with E-state index in [4.69, 9.17) is 22.1 Å². The van der Waals surface area contributed by atoms with Crippen LogP contribution in [0, 0.1) is 0 Å². The lowest BCUT2D eigenvalue weighted by Gasteiger charge is -2.36. The van der Waals surface area contributed by atoms with Crippen LogP contribution >= 0.6 is 11.6 Å². The van der Waals surface area contributed by atoms with Gasteiger partial charge >= 0.3 is 0 Å². The van der Waals surface area contributed by atoms with Crippen molar-refractivity contribution >= 4 is 23.1 Å². The highest BCUT2D eigenvalue weighted by Gasteiger charge is 2.24. The standard InChI is InChI=1S/C11H16ClN3O/c1-7-5-15(6-8(2)16-7)11-9(13)3-4-10(12)14-11/h3-4,7-8H,5-6,13H2,1-2H3/t7-,8+. The molecule has 2 atom stereocenters. The molecule has 0 aliphatic carbocycles. The van der Waals surface area contributed by atoms with E-state index in [1.54, 1.807) is 12.1 Å². The minimum absolute atomic E-state index is 0.184. The molecule has 16 heavy (non-hydrogen) atoms. The number of rotatable bonds is 1. The zero-order chi connectivity index (χ0) is 11.7. The lowest BCUT2D eigenvalue weighted by atomic mass is 10.2. The van der Waals surface area contributed by atoms with Crippen LogP contribution in [0.15, 0.2) is 12.1 Å². The Morgan fingerprint density at radius 1 is 1.38 bits per heavy atom. The fraction of sp³-hybridized carbons (Fsp3) is 0.545. The number of nitrogens with zero attached hydrogens (tertiary/aromatic N) is 2. The van der Waals surface area contributed by atoms with Gasteiger partial charge in [-0.1, -0.05) is 11.6 Å². The molecule has 0 bridgehead atoms. The Morgan fingerprint density at radius 2 is 2.00 bits per heavy atom. The smallest absolute Gasteiger partial charge is 0.153 e. The van der Waals surface area contributed by atoms with E-state index in [-0.39, 0.29) is 12.2 Å². The van der Waals surface area contributed by atoms with Crippen molar-refractivity contribution in [1.29, 1.82) is 0 Å². The Bertz CT molecular complexity index is 375. The maximum absolute atomic E-state index is 5.91. The van der Waals surface area contributed by atoms with Crippen LogP contribution in [-0.4, -0.2) is 30.3 Å². The number of hydrogen-bond acceptors (Lipinski definition) is 4. The summed E-state index contributed by atoms with van der Waals surface area (Å²) < 4.78 is 5.66. The first-order chi connectivity index (χ1) is 7.56. The third-order valence-electron chi connectivity index (χ3n) is 2.59. The van der Waals surface area contributed by atoms with Crippen LogP contribution in [0.3, 0.4) is 0 Å². The zero-order valence-corrected chi connectivity index (χ0v) is 10.2. The zero-order valence-electron chi connectivity index (χ0n) is 9.48. The third kappa shape index (κ3) is 2.39. The summed E-state index contributed by atoms with van der Waals surface area (Å²) in [7, 11) is 0. The molecule has 1 aliphatic heterocycles. The van der Waals surface area contributed by atoms with Gasteiger partial charge in [-0.2, -0.15) is 0 Å². The van der Waals surface area contributed by atoms with E-state index >= 15 is 0 Å². The van der Waals surface area contributed by atoms with Crippen LogP contribution in [0.25, 0.3) is 0 Å². The summed E-state index contributed by atoms with van der Waals surface area (Å²) in [5, 5.41) is 0.469. The van der Waals surface area contributed by atoms with Gasteiger partial charge in [0.15, 0.2) is 5.82 Å². The van der Waals surface area contributed by atoms with Crippen molar-refractivity contribution in [2.45, 2.75) is 26.1 Å². The summed E-state index contributed by atoms with van der Waals surface area (Å²) in [4.78, 5) is 6.40. The maximum Gasteiger partial charge on any atom is 0.153 e.